The van der Waals surface area contributed by atoms with E-state index >= 15 is 0 Å². The number of nitrogens with zero attached hydrogens (tertiary/aromatic N) is 4. The summed E-state index contributed by atoms with van der Waals surface area (Å²) in [5.41, 5.74) is 15.1. The monoisotopic (exact) mass is 423 g/mol. The zero-order valence-corrected chi connectivity index (χ0v) is 17.0. The number of anilines is 3. The topological polar surface area (TPSA) is 123 Å². The first-order valence-corrected chi connectivity index (χ1v) is 10.0. The third-order valence-electron chi connectivity index (χ3n) is 5.02. The SMILES string of the molecule is Nc1ccc(-c2cccnc2Cl)nc1C(=O)Nc1cnccc1N1CCC[C@H](N)C1. The number of halogens is 1. The molecule has 0 saturated carbocycles. The Morgan fingerprint density at radius 1 is 1.23 bits per heavy atom. The zero-order chi connectivity index (χ0) is 21.1. The third kappa shape index (κ3) is 4.19. The normalized spacial score (nSPS) is 16.3. The number of piperidine rings is 1. The Kier molecular flexibility index (Phi) is 5.78. The molecule has 9 heteroatoms. The minimum Gasteiger partial charge on any atom is -0.397 e. The number of nitrogen functional groups attached to an aromatic ring is 1. The van der Waals surface area contributed by atoms with Crippen LogP contribution in [-0.2, 0) is 0 Å². The van der Waals surface area contributed by atoms with Gasteiger partial charge in [-0.1, -0.05) is 11.6 Å². The highest BCUT2D eigenvalue weighted by Gasteiger charge is 2.21. The summed E-state index contributed by atoms with van der Waals surface area (Å²) in [6, 6.07) is 8.86. The number of nitrogens with one attached hydrogen (secondary N) is 1. The number of hydrogen-bond acceptors (Lipinski definition) is 7. The van der Waals surface area contributed by atoms with Gasteiger partial charge in [-0.05, 0) is 43.2 Å². The number of aromatic nitrogens is 3. The first-order chi connectivity index (χ1) is 14.5. The van der Waals surface area contributed by atoms with Gasteiger partial charge in [-0.15, -0.1) is 0 Å². The summed E-state index contributed by atoms with van der Waals surface area (Å²) in [7, 11) is 0. The maximum atomic E-state index is 13.0. The lowest BCUT2D eigenvalue weighted by Crippen LogP contribution is -2.43. The second-order valence-electron chi connectivity index (χ2n) is 7.17. The highest BCUT2D eigenvalue weighted by molar-refractivity contribution is 6.32. The van der Waals surface area contributed by atoms with E-state index in [-0.39, 0.29) is 17.4 Å². The minimum atomic E-state index is -0.426. The van der Waals surface area contributed by atoms with Crippen LogP contribution in [0.4, 0.5) is 17.1 Å². The quantitative estimate of drug-likeness (QED) is 0.551. The lowest BCUT2D eigenvalue weighted by Gasteiger charge is -2.33. The summed E-state index contributed by atoms with van der Waals surface area (Å²) < 4.78 is 0. The number of hydrogen-bond donors (Lipinski definition) is 3. The molecule has 0 radical (unpaired) electrons. The van der Waals surface area contributed by atoms with Crippen LogP contribution < -0.4 is 21.7 Å². The van der Waals surface area contributed by atoms with Crippen molar-refractivity contribution in [1.82, 2.24) is 15.0 Å². The van der Waals surface area contributed by atoms with Crippen LogP contribution in [0.3, 0.4) is 0 Å². The van der Waals surface area contributed by atoms with Crippen LogP contribution in [0.2, 0.25) is 5.15 Å². The first-order valence-electron chi connectivity index (χ1n) is 9.66. The summed E-state index contributed by atoms with van der Waals surface area (Å²) in [5, 5.41) is 3.20. The Morgan fingerprint density at radius 2 is 2.10 bits per heavy atom. The highest BCUT2D eigenvalue weighted by atomic mass is 35.5. The smallest absolute Gasteiger partial charge is 0.276 e. The van der Waals surface area contributed by atoms with Gasteiger partial charge in [-0.25, -0.2) is 9.97 Å². The van der Waals surface area contributed by atoms with Gasteiger partial charge in [0.25, 0.3) is 5.91 Å². The molecule has 154 valence electrons. The Labute approximate surface area is 179 Å². The third-order valence-corrected chi connectivity index (χ3v) is 5.32. The van der Waals surface area contributed by atoms with E-state index in [1.807, 2.05) is 6.07 Å². The van der Waals surface area contributed by atoms with Crippen molar-refractivity contribution in [1.29, 1.82) is 0 Å². The molecule has 1 aliphatic rings. The van der Waals surface area contributed by atoms with Crippen molar-refractivity contribution in [3.63, 3.8) is 0 Å². The predicted molar refractivity (Wildman–Crippen MR) is 119 cm³/mol. The molecule has 1 fully saturated rings. The number of carbonyl (C=O) groups is 1. The fourth-order valence-corrected chi connectivity index (χ4v) is 3.76. The average molecular weight is 424 g/mol. The fraction of sp³-hybridized carbons (Fsp3) is 0.238. The Morgan fingerprint density at radius 3 is 2.90 bits per heavy atom. The van der Waals surface area contributed by atoms with Crippen LogP contribution >= 0.6 is 11.6 Å². The van der Waals surface area contributed by atoms with Crippen LogP contribution in [0.25, 0.3) is 11.3 Å². The number of nitrogens with two attached hydrogens (primary N) is 2. The van der Waals surface area contributed by atoms with Crippen molar-refractivity contribution < 1.29 is 4.79 Å². The van der Waals surface area contributed by atoms with Gasteiger partial charge in [0.15, 0.2) is 5.69 Å². The van der Waals surface area contributed by atoms with Crippen molar-refractivity contribution in [2.75, 3.05) is 29.0 Å². The highest BCUT2D eigenvalue weighted by Crippen LogP contribution is 2.29. The van der Waals surface area contributed by atoms with E-state index in [4.69, 9.17) is 23.1 Å². The molecule has 0 aromatic carbocycles. The predicted octanol–water partition coefficient (Wildman–Crippen LogP) is 2.95. The largest absolute Gasteiger partial charge is 0.397 e. The van der Waals surface area contributed by atoms with E-state index in [2.05, 4.69) is 25.2 Å². The summed E-state index contributed by atoms with van der Waals surface area (Å²) in [4.78, 5) is 27.8. The zero-order valence-electron chi connectivity index (χ0n) is 16.3. The van der Waals surface area contributed by atoms with E-state index in [9.17, 15) is 4.79 Å². The van der Waals surface area contributed by atoms with Gasteiger partial charge in [0.2, 0.25) is 0 Å². The Balaban J connectivity index is 1.62. The van der Waals surface area contributed by atoms with Crippen molar-refractivity contribution in [3.05, 3.63) is 59.8 Å². The molecule has 0 bridgehead atoms. The van der Waals surface area contributed by atoms with Gasteiger partial charge in [0, 0.05) is 37.1 Å². The molecular weight excluding hydrogens is 402 g/mol. The molecule has 0 unspecified atom stereocenters. The van der Waals surface area contributed by atoms with Crippen LogP contribution in [0, 0.1) is 0 Å². The van der Waals surface area contributed by atoms with Gasteiger partial charge in [0.1, 0.15) is 5.15 Å². The molecule has 5 N–H and O–H groups in total. The molecule has 0 aliphatic carbocycles. The van der Waals surface area contributed by atoms with Crippen molar-refractivity contribution in [2.45, 2.75) is 18.9 Å². The lowest BCUT2D eigenvalue weighted by atomic mass is 10.1. The molecule has 1 aliphatic heterocycles. The summed E-state index contributed by atoms with van der Waals surface area (Å²) in [5.74, 6) is -0.426. The van der Waals surface area contributed by atoms with Gasteiger partial charge >= 0.3 is 0 Å². The standard InChI is InChI=1S/C21H22ClN7O/c22-20-14(4-1-8-26-20)16-6-5-15(24)19(27-16)21(30)28-17-11-25-9-7-18(17)29-10-2-3-13(23)12-29/h1,4-9,11,13H,2-3,10,12,23-24H2,(H,28,30)/t13-/m0/s1. The van der Waals surface area contributed by atoms with Crippen LogP contribution in [0.15, 0.2) is 48.9 Å². The number of amides is 1. The van der Waals surface area contributed by atoms with E-state index in [1.54, 1.807) is 42.9 Å². The Hall–Kier alpha value is -3.23. The summed E-state index contributed by atoms with van der Waals surface area (Å²) >= 11 is 6.17. The van der Waals surface area contributed by atoms with Gasteiger partial charge in [-0.3, -0.25) is 9.78 Å². The van der Waals surface area contributed by atoms with Crippen molar-refractivity contribution in [2.24, 2.45) is 5.73 Å². The molecule has 3 aromatic heterocycles. The number of pyridine rings is 3. The van der Waals surface area contributed by atoms with Gasteiger partial charge in [0.05, 0.1) is 29.0 Å². The molecule has 1 atom stereocenters. The molecule has 1 amide bonds. The second kappa shape index (κ2) is 8.64. The van der Waals surface area contributed by atoms with E-state index < -0.39 is 5.91 Å². The summed E-state index contributed by atoms with van der Waals surface area (Å²) in [6.45, 7) is 1.60. The molecule has 4 rings (SSSR count). The van der Waals surface area contributed by atoms with Crippen LogP contribution in [-0.4, -0.2) is 40.0 Å². The second-order valence-corrected chi connectivity index (χ2v) is 7.53. The van der Waals surface area contributed by atoms with Gasteiger partial charge in [-0.2, -0.15) is 0 Å². The maximum absolute atomic E-state index is 13.0. The van der Waals surface area contributed by atoms with E-state index in [0.717, 1.165) is 31.6 Å². The van der Waals surface area contributed by atoms with Gasteiger partial charge < -0.3 is 21.7 Å². The molecule has 4 heterocycles. The van der Waals surface area contributed by atoms with Crippen molar-refractivity contribution in [3.8, 4) is 11.3 Å². The number of carbonyl (C=O) groups excluding carboxylic acids is 1. The minimum absolute atomic E-state index is 0.105. The van der Waals surface area contributed by atoms with Crippen molar-refractivity contribution >= 4 is 34.6 Å². The molecule has 1 saturated heterocycles. The van der Waals surface area contributed by atoms with Crippen LogP contribution in [0.5, 0.6) is 0 Å². The molecule has 30 heavy (non-hydrogen) atoms. The molecule has 3 aromatic rings. The molecule has 8 nitrogen and oxygen atoms in total. The van der Waals surface area contributed by atoms with E-state index in [0.29, 0.717) is 22.1 Å². The van der Waals surface area contributed by atoms with Crippen LogP contribution in [0.1, 0.15) is 23.3 Å². The Bertz CT molecular complexity index is 1070. The van der Waals surface area contributed by atoms with E-state index in [1.165, 1.54) is 0 Å². The maximum Gasteiger partial charge on any atom is 0.276 e. The lowest BCUT2D eigenvalue weighted by molar-refractivity contribution is 0.102. The number of rotatable bonds is 4. The molecular formula is C21H22ClN7O. The molecule has 0 spiro atoms. The fourth-order valence-electron chi connectivity index (χ4n) is 3.55. The summed E-state index contributed by atoms with van der Waals surface area (Å²) in [6.07, 6.45) is 6.90. The first kappa shape index (κ1) is 20.1. The average Bonchev–Trinajstić information content (AvgIpc) is 2.75.